The van der Waals surface area contributed by atoms with E-state index in [9.17, 15) is 14.7 Å². The Morgan fingerprint density at radius 3 is 2.22 bits per heavy atom. The summed E-state index contributed by atoms with van der Waals surface area (Å²) in [5.41, 5.74) is 10.8. The third-order valence-electron chi connectivity index (χ3n) is 2.12. The molecule has 0 spiro atoms. The van der Waals surface area contributed by atoms with Gasteiger partial charge in [-0.3, -0.25) is 9.59 Å². The highest BCUT2D eigenvalue weighted by molar-refractivity contribution is 8.00. The summed E-state index contributed by atoms with van der Waals surface area (Å²) in [5, 5.41) is 11.7. The largest absolute Gasteiger partial charge is 0.391 e. The van der Waals surface area contributed by atoms with E-state index in [0.717, 1.165) is 0 Å². The molecule has 0 saturated carbocycles. The normalized spacial score (nSPS) is 16.8. The van der Waals surface area contributed by atoms with Gasteiger partial charge in [0.1, 0.15) is 6.04 Å². The number of hydrogen-bond acceptors (Lipinski definition) is 5. The van der Waals surface area contributed by atoms with E-state index in [-0.39, 0.29) is 4.75 Å². The minimum absolute atomic E-state index is 0.00522. The first kappa shape index (κ1) is 17.2. The molecule has 3 atom stereocenters. The van der Waals surface area contributed by atoms with Crippen LogP contribution >= 0.6 is 11.8 Å². The molecule has 18 heavy (non-hydrogen) atoms. The lowest BCUT2D eigenvalue weighted by Crippen LogP contribution is -2.55. The standard InChI is InChI=1S/C11H23N3O3S/c1-6(15)8(9(13)16)14-10(17)7(12)5-18-11(2,3)4/h6-8,15H,5,12H2,1-4H3,(H2,13,16)(H,14,17). The third kappa shape index (κ3) is 6.83. The van der Waals surface area contributed by atoms with Gasteiger partial charge in [-0.25, -0.2) is 0 Å². The number of carbonyl (C=O) groups is 2. The monoisotopic (exact) mass is 277 g/mol. The number of thioether (sulfide) groups is 1. The zero-order valence-electron chi connectivity index (χ0n) is 11.3. The van der Waals surface area contributed by atoms with Crippen LogP contribution in [0.4, 0.5) is 0 Å². The minimum Gasteiger partial charge on any atom is -0.391 e. The van der Waals surface area contributed by atoms with Crippen molar-refractivity contribution in [1.29, 1.82) is 0 Å². The number of carbonyl (C=O) groups excluding carboxylic acids is 2. The second kappa shape index (κ2) is 6.96. The van der Waals surface area contributed by atoms with Crippen LogP contribution in [0.3, 0.4) is 0 Å². The summed E-state index contributed by atoms with van der Waals surface area (Å²) in [4.78, 5) is 22.7. The van der Waals surface area contributed by atoms with Crippen LogP contribution in [0.25, 0.3) is 0 Å². The molecule has 2 amide bonds. The maximum Gasteiger partial charge on any atom is 0.242 e. The van der Waals surface area contributed by atoms with Crippen molar-refractivity contribution in [3.63, 3.8) is 0 Å². The lowest BCUT2D eigenvalue weighted by atomic mass is 10.1. The second-order valence-corrected chi connectivity index (χ2v) is 7.01. The molecule has 0 aromatic heterocycles. The number of primary amides is 1. The molecular weight excluding hydrogens is 254 g/mol. The Kier molecular flexibility index (Phi) is 6.66. The molecule has 0 aliphatic carbocycles. The maximum atomic E-state index is 11.7. The highest BCUT2D eigenvalue weighted by atomic mass is 32.2. The fraction of sp³-hybridized carbons (Fsp3) is 0.818. The van der Waals surface area contributed by atoms with Crippen molar-refractivity contribution < 1.29 is 14.7 Å². The molecule has 0 heterocycles. The number of nitrogens with two attached hydrogens (primary N) is 2. The van der Waals surface area contributed by atoms with Crippen molar-refractivity contribution in [3.8, 4) is 0 Å². The average molecular weight is 277 g/mol. The third-order valence-corrected chi connectivity index (χ3v) is 3.51. The van der Waals surface area contributed by atoms with E-state index < -0.39 is 30.0 Å². The fourth-order valence-electron chi connectivity index (χ4n) is 1.11. The molecule has 0 bridgehead atoms. The van der Waals surface area contributed by atoms with Gasteiger partial charge in [-0.1, -0.05) is 20.8 Å². The SMILES string of the molecule is CC(O)C(NC(=O)C(N)CSC(C)(C)C)C(N)=O. The van der Waals surface area contributed by atoms with Crippen molar-refractivity contribution in [2.24, 2.45) is 11.5 Å². The van der Waals surface area contributed by atoms with E-state index in [1.165, 1.54) is 6.92 Å². The van der Waals surface area contributed by atoms with Crippen LogP contribution in [-0.4, -0.2) is 45.6 Å². The number of aliphatic hydroxyl groups excluding tert-OH is 1. The number of hydrogen-bond donors (Lipinski definition) is 4. The highest BCUT2D eigenvalue weighted by Crippen LogP contribution is 2.23. The topological polar surface area (TPSA) is 118 Å². The Bertz CT molecular complexity index is 302. The van der Waals surface area contributed by atoms with Gasteiger partial charge in [0.2, 0.25) is 11.8 Å². The maximum absolute atomic E-state index is 11.7. The van der Waals surface area contributed by atoms with Crippen LogP contribution in [0.1, 0.15) is 27.7 Å². The molecule has 7 heteroatoms. The van der Waals surface area contributed by atoms with E-state index in [1.807, 2.05) is 20.8 Å². The summed E-state index contributed by atoms with van der Waals surface area (Å²) in [5.74, 6) is -0.842. The smallest absolute Gasteiger partial charge is 0.242 e. The fourth-order valence-corrected chi connectivity index (χ4v) is 1.94. The first-order chi connectivity index (χ1) is 8.04. The molecule has 6 N–H and O–H groups in total. The first-order valence-corrected chi connectivity index (χ1v) is 6.70. The quantitative estimate of drug-likeness (QED) is 0.507. The molecule has 0 aliphatic rings. The summed E-state index contributed by atoms with van der Waals surface area (Å²) in [6, 6.07) is -1.85. The number of nitrogens with one attached hydrogen (secondary N) is 1. The molecular formula is C11H23N3O3S. The van der Waals surface area contributed by atoms with E-state index >= 15 is 0 Å². The molecule has 0 radical (unpaired) electrons. The van der Waals surface area contributed by atoms with Crippen molar-refractivity contribution in [1.82, 2.24) is 5.32 Å². The Balaban J connectivity index is 4.34. The number of amides is 2. The van der Waals surface area contributed by atoms with Gasteiger partial charge in [-0.15, -0.1) is 0 Å². The molecule has 0 aromatic carbocycles. The molecule has 3 unspecified atom stereocenters. The minimum atomic E-state index is -1.11. The first-order valence-electron chi connectivity index (χ1n) is 5.72. The molecule has 0 fully saturated rings. The summed E-state index contributed by atoms with van der Waals surface area (Å²) in [6.45, 7) is 7.43. The van der Waals surface area contributed by atoms with Crippen molar-refractivity contribution >= 4 is 23.6 Å². The summed E-state index contributed by atoms with van der Waals surface area (Å²) < 4.78 is 0.00522. The van der Waals surface area contributed by atoms with Crippen LogP contribution in [-0.2, 0) is 9.59 Å². The van der Waals surface area contributed by atoms with E-state index in [2.05, 4.69) is 5.32 Å². The van der Waals surface area contributed by atoms with Gasteiger partial charge in [0.05, 0.1) is 12.1 Å². The number of aliphatic hydroxyl groups is 1. The Labute approximate surface area is 112 Å². The van der Waals surface area contributed by atoms with Crippen LogP contribution < -0.4 is 16.8 Å². The summed E-state index contributed by atoms with van der Waals surface area (Å²) in [6.07, 6.45) is -1.05. The lowest BCUT2D eigenvalue weighted by molar-refractivity contribution is -0.130. The van der Waals surface area contributed by atoms with Crippen LogP contribution in [0, 0.1) is 0 Å². The second-order valence-electron chi connectivity index (χ2n) is 5.16. The van der Waals surface area contributed by atoms with Gasteiger partial charge >= 0.3 is 0 Å². The van der Waals surface area contributed by atoms with Crippen LogP contribution in [0.5, 0.6) is 0 Å². The molecule has 0 saturated heterocycles. The van der Waals surface area contributed by atoms with Gasteiger partial charge in [0.25, 0.3) is 0 Å². The Morgan fingerprint density at radius 1 is 1.39 bits per heavy atom. The zero-order valence-corrected chi connectivity index (χ0v) is 12.1. The molecule has 0 aliphatic heterocycles. The predicted molar refractivity (Wildman–Crippen MR) is 73.0 cm³/mol. The predicted octanol–water partition coefficient (Wildman–Crippen LogP) is -0.804. The summed E-state index contributed by atoms with van der Waals surface area (Å²) in [7, 11) is 0. The van der Waals surface area contributed by atoms with Crippen LogP contribution in [0.2, 0.25) is 0 Å². The van der Waals surface area contributed by atoms with E-state index in [0.29, 0.717) is 5.75 Å². The molecule has 106 valence electrons. The summed E-state index contributed by atoms with van der Waals surface area (Å²) >= 11 is 1.55. The highest BCUT2D eigenvalue weighted by Gasteiger charge is 2.26. The van der Waals surface area contributed by atoms with Crippen molar-refractivity contribution in [3.05, 3.63) is 0 Å². The van der Waals surface area contributed by atoms with E-state index in [1.54, 1.807) is 11.8 Å². The van der Waals surface area contributed by atoms with Crippen LogP contribution in [0.15, 0.2) is 0 Å². The zero-order chi connectivity index (χ0) is 14.5. The Morgan fingerprint density at radius 2 is 1.89 bits per heavy atom. The van der Waals surface area contributed by atoms with Gasteiger partial charge in [-0.2, -0.15) is 11.8 Å². The van der Waals surface area contributed by atoms with Gasteiger partial charge in [-0.05, 0) is 6.92 Å². The Hall–Kier alpha value is -0.790. The average Bonchev–Trinajstić information content (AvgIpc) is 2.19. The molecule has 6 nitrogen and oxygen atoms in total. The molecule has 0 aromatic rings. The van der Waals surface area contributed by atoms with Gasteiger partial charge < -0.3 is 21.9 Å². The molecule has 0 rings (SSSR count). The van der Waals surface area contributed by atoms with Gasteiger partial charge in [0.15, 0.2) is 0 Å². The van der Waals surface area contributed by atoms with Crippen molar-refractivity contribution in [2.45, 2.75) is 50.6 Å². The van der Waals surface area contributed by atoms with Crippen molar-refractivity contribution in [2.75, 3.05) is 5.75 Å². The lowest BCUT2D eigenvalue weighted by Gasteiger charge is -2.23. The van der Waals surface area contributed by atoms with Gasteiger partial charge in [0, 0.05) is 10.5 Å². The van der Waals surface area contributed by atoms with E-state index in [4.69, 9.17) is 11.5 Å². The number of rotatable bonds is 6.